The van der Waals surface area contributed by atoms with E-state index in [4.69, 9.17) is 17.0 Å². The fourth-order valence-corrected chi connectivity index (χ4v) is 1.89. The van der Waals surface area contributed by atoms with Gasteiger partial charge in [0.1, 0.15) is 6.42 Å². The van der Waals surface area contributed by atoms with Crippen LogP contribution in [0.1, 0.15) is 18.9 Å². The number of H-pyrrole nitrogens is 1. The van der Waals surface area contributed by atoms with Gasteiger partial charge >= 0.3 is 5.97 Å². The van der Waals surface area contributed by atoms with E-state index in [2.05, 4.69) is 16.8 Å². The van der Waals surface area contributed by atoms with Crippen molar-refractivity contribution in [2.45, 2.75) is 13.3 Å². The molecule has 0 aliphatic heterocycles. The van der Waals surface area contributed by atoms with E-state index in [9.17, 15) is 4.79 Å². The van der Waals surface area contributed by atoms with E-state index >= 15 is 0 Å². The molecular weight excluding hydrogens is 272 g/mol. The molecule has 0 atom stereocenters. The summed E-state index contributed by atoms with van der Waals surface area (Å²) in [4.78, 5) is 14.1. The molecule has 0 aliphatic rings. The Morgan fingerprint density at radius 3 is 2.75 bits per heavy atom. The Kier molecular flexibility index (Phi) is 4.75. The maximum atomic E-state index is 11.1. The molecule has 0 saturated carbocycles. The van der Waals surface area contributed by atoms with Crippen LogP contribution < -0.4 is 0 Å². The van der Waals surface area contributed by atoms with E-state index in [1.54, 1.807) is 13.1 Å². The number of hydrogen-bond acceptors (Lipinski definition) is 3. The first-order valence-electron chi connectivity index (χ1n) is 6.21. The van der Waals surface area contributed by atoms with Crippen molar-refractivity contribution in [3.63, 3.8) is 0 Å². The van der Waals surface area contributed by atoms with Gasteiger partial charge in [0.05, 0.1) is 6.61 Å². The van der Waals surface area contributed by atoms with Gasteiger partial charge in [0.15, 0.2) is 4.77 Å². The molecule has 5 heteroatoms. The van der Waals surface area contributed by atoms with E-state index in [0.29, 0.717) is 11.4 Å². The van der Waals surface area contributed by atoms with Crippen molar-refractivity contribution in [1.29, 1.82) is 0 Å². The quantitative estimate of drug-likeness (QED) is 0.536. The second-order valence-electron chi connectivity index (χ2n) is 3.97. The molecule has 0 bridgehead atoms. The van der Waals surface area contributed by atoms with Crippen LogP contribution in [0.15, 0.2) is 36.7 Å². The number of imidazole rings is 1. The van der Waals surface area contributed by atoms with Crippen molar-refractivity contribution in [2.75, 3.05) is 6.61 Å². The monoisotopic (exact) mass is 286 g/mol. The largest absolute Gasteiger partial charge is 0.465 e. The van der Waals surface area contributed by atoms with Crippen molar-refractivity contribution < 1.29 is 9.53 Å². The van der Waals surface area contributed by atoms with E-state index in [1.165, 1.54) is 0 Å². The number of benzene rings is 1. The predicted octanol–water partition coefficient (Wildman–Crippen LogP) is 2.84. The molecule has 1 N–H and O–H groups in total. The summed E-state index contributed by atoms with van der Waals surface area (Å²) >= 11 is 5.15. The fraction of sp³-hybridized carbons (Fsp3) is 0.200. The van der Waals surface area contributed by atoms with Crippen LogP contribution in [-0.4, -0.2) is 22.1 Å². The first-order valence-corrected chi connectivity index (χ1v) is 6.62. The number of aromatic nitrogens is 2. The topological polar surface area (TPSA) is 47.0 Å². The van der Waals surface area contributed by atoms with Crippen molar-refractivity contribution in [2.24, 2.45) is 0 Å². The Hall–Kier alpha value is -2.32. The molecule has 2 aromatic rings. The van der Waals surface area contributed by atoms with Crippen LogP contribution in [0.25, 0.3) is 5.69 Å². The summed E-state index contributed by atoms with van der Waals surface area (Å²) in [6.07, 6.45) is 3.76. The lowest BCUT2D eigenvalue weighted by molar-refractivity contribution is -0.141. The van der Waals surface area contributed by atoms with Gasteiger partial charge in [0.2, 0.25) is 0 Å². The van der Waals surface area contributed by atoms with Crippen molar-refractivity contribution in [3.05, 3.63) is 47.0 Å². The number of rotatable bonds is 3. The van der Waals surface area contributed by atoms with Gasteiger partial charge in [-0.05, 0) is 43.4 Å². The van der Waals surface area contributed by atoms with Gasteiger partial charge in [-0.2, -0.15) is 0 Å². The third kappa shape index (κ3) is 3.59. The summed E-state index contributed by atoms with van der Waals surface area (Å²) in [5, 5.41) is 0. The van der Waals surface area contributed by atoms with Gasteiger partial charge in [-0.15, -0.1) is 0 Å². The Morgan fingerprint density at radius 1 is 1.40 bits per heavy atom. The Labute approximate surface area is 122 Å². The highest BCUT2D eigenvalue weighted by Gasteiger charge is 1.98. The Morgan fingerprint density at radius 2 is 2.15 bits per heavy atom. The lowest BCUT2D eigenvalue weighted by Gasteiger charge is -2.01. The number of esters is 1. The highest BCUT2D eigenvalue weighted by Crippen LogP contribution is 2.09. The summed E-state index contributed by atoms with van der Waals surface area (Å²) in [7, 11) is 0. The van der Waals surface area contributed by atoms with Crippen molar-refractivity contribution >= 4 is 18.2 Å². The van der Waals surface area contributed by atoms with Crippen LogP contribution >= 0.6 is 12.2 Å². The average Bonchev–Trinajstić information content (AvgIpc) is 2.86. The molecule has 0 radical (unpaired) electrons. The number of carbonyl (C=O) groups excluding carboxylic acids is 1. The zero-order valence-electron chi connectivity index (χ0n) is 11.1. The molecule has 0 saturated heterocycles. The molecule has 1 aromatic carbocycles. The standard InChI is InChI=1S/C15H14N2O2S/c1-2-19-14(18)5-3-4-12-6-8-13(9-7-12)17-11-10-16-15(17)20/h6-11H,2,5H2,1H3,(H,16,20). The number of hydrogen-bond donors (Lipinski definition) is 1. The highest BCUT2D eigenvalue weighted by molar-refractivity contribution is 7.71. The van der Waals surface area contributed by atoms with Gasteiger partial charge in [0, 0.05) is 23.6 Å². The maximum absolute atomic E-state index is 11.1. The van der Waals surface area contributed by atoms with E-state index in [1.807, 2.05) is 35.0 Å². The molecular formula is C15H14N2O2S. The predicted molar refractivity (Wildman–Crippen MR) is 79.1 cm³/mol. The number of ether oxygens (including phenoxy) is 1. The molecule has 1 heterocycles. The second kappa shape index (κ2) is 6.73. The lowest BCUT2D eigenvalue weighted by atomic mass is 10.2. The Bertz CT molecular complexity index is 702. The summed E-state index contributed by atoms with van der Waals surface area (Å²) in [5.74, 6) is 5.42. The normalized spacial score (nSPS) is 9.65. The van der Waals surface area contributed by atoms with Crippen LogP contribution in [0.2, 0.25) is 0 Å². The van der Waals surface area contributed by atoms with Crippen LogP contribution in [0, 0.1) is 16.6 Å². The maximum Gasteiger partial charge on any atom is 0.317 e. The molecule has 0 fully saturated rings. The van der Waals surface area contributed by atoms with Crippen LogP contribution in [-0.2, 0) is 9.53 Å². The molecule has 0 spiro atoms. The van der Waals surface area contributed by atoms with Crippen LogP contribution in [0.3, 0.4) is 0 Å². The molecule has 0 aliphatic carbocycles. The zero-order chi connectivity index (χ0) is 14.4. The summed E-state index contributed by atoms with van der Waals surface area (Å²) < 4.78 is 7.31. The highest BCUT2D eigenvalue weighted by atomic mass is 32.1. The second-order valence-corrected chi connectivity index (χ2v) is 4.35. The van der Waals surface area contributed by atoms with Crippen LogP contribution in [0.4, 0.5) is 0 Å². The Balaban J connectivity index is 2.06. The molecule has 0 unspecified atom stereocenters. The first kappa shape index (κ1) is 14.1. The van der Waals surface area contributed by atoms with Crippen molar-refractivity contribution in [3.8, 4) is 17.5 Å². The smallest absolute Gasteiger partial charge is 0.317 e. The van der Waals surface area contributed by atoms with Gasteiger partial charge in [0.25, 0.3) is 0 Å². The number of aromatic amines is 1. The summed E-state index contributed by atoms with van der Waals surface area (Å²) in [5.41, 5.74) is 1.81. The van der Waals surface area contributed by atoms with Crippen molar-refractivity contribution in [1.82, 2.24) is 9.55 Å². The minimum Gasteiger partial charge on any atom is -0.465 e. The van der Waals surface area contributed by atoms with Gasteiger partial charge < -0.3 is 9.72 Å². The molecule has 102 valence electrons. The minimum atomic E-state index is -0.296. The number of carbonyl (C=O) groups is 1. The molecule has 0 amide bonds. The lowest BCUT2D eigenvalue weighted by Crippen LogP contribution is -2.01. The SMILES string of the molecule is CCOC(=O)CC#Cc1ccc(-n2cc[nH]c2=S)cc1. The van der Waals surface area contributed by atoms with Crippen LogP contribution in [0.5, 0.6) is 0 Å². The summed E-state index contributed by atoms with van der Waals surface area (Å²) in [6, 6.07) is 7.64. The molecule has 1 aromatic heterocycles. The fourth-order valence-electron chi connectivity index (χ4n) is 1.66. The average molecular weight is 286 g/mol. The molecule has 20 heavy (non-hydrogen) atoms. The molecule has 4 nitrogen and oxygen atoms in total. The third-order valence-electron chi connectivity index (χ3n) is 2.57. The van der Waals surface area contributed by atoms with Gasteiger partial charge in [-0.3, -0.25) is 9.36 Å². The molecule has 2 rings (SSSR count). The summed E-state index contributed by atoms with van der Waals surface area (Å²) in [6.45, 7) is 2.16. The minimum absolute atomic E-state index is 0.110. The zero-order valence-corrected chi connectivity index (χ0v) is 11.9. The first-order chi connectivity index (χ1) is 9.70. The van der Waals surface area contributed by atoms with Gasteiger partial charge in [-0.25, -0.2) is 0 Å². The van der Waals surface area contributed by atoms with E-state index < -0.39 is 0 Å². The van der Waals surface area contributed by atoms with Gasteiger partial charge in [-0.1, -0.05) is 11.8 Å². The third-order valence-corrected chi connectivity index (χ3v) is 2.88. The number of nitrogens with zero attached hydrogens (tertiary/aromatic N) is 1. The van der Waals surface area contributed by atoms with E-state index in [0.717, 1.165) is 11.3 Å². The number of nitrogens with one attached hydrogen (secondary N) is 1. The van der Waals surface area contributed by atoms with E-state index in [-0.39, 0.29) is 12.4 Å².